The molecule has 5 aliphatic heterocycles. The van der Waals surface area contributed by atoms with E-state index in [1.54, 1.807) is 0 Å². The molecule has 5 saturated heterocycles. The first-order chi connectivity index (χ1) is 28.9. The van der Waals surface area contributed by atoms with Crippen LogP contribution in [0.5, 0.6) is 0 Å². The van der Waals surface area contributed by atoms with Gasteiger partial charge in [0.15, 0.2) is 12.6 Å². The third-order valence-corrected chi connectivity index (χ3v) is 18.0. The van der Waals surface area contributed by atoms with Crippen molar-refractivity contribution in [2.45, 2.75) is 203 Å². The Hall–Kier alpha value is -0.900. The van der Waals surface area contributed by atoms with Crippen LogP contribution in [0.3, 0.4) is 0 Å². The topological polar surface area (TPSA) is 241 Å². The number of allylic oxidation sites excluding steroid dienone is 1. The van der Waals surface area contributed by atoms with E-state index in [4.69, 9.17) is 28.4 Å². The summed E-state index contributed by atoms with van der Waals surface area (Å²) in [6, 6.07) is 1.41. The van der Waals surface area contributed by atoms with Crippen LogP contribution in [0.4, 0.5) is 0 Å². The van der Waals surface area contributed by atoms with E-state index in [9.17, 15) is 46.0 Å². The van der Waals surface area contributed by atoms with Crippen LogP contribution in [-0.4, -0.2) is 175 Å². The molecule has 16 heteroatoms. The Labute approximate surface area is 359 Å². The summed E-state index contributed by atoms with van der Waals surface area (Å²) in [6.45, 7) is 11.3. The molecule has 3 saturated carbocycles. The van der Waals surface area contributed by atoms with Gasteiger partial charge in [0.1, 0.15) is 54.9 Å². The number of rotatable bonds is 8. The smallest absolute Gasteiger partial charge is 0.288 e. The van der Waals surface area contributed by atoms with E-state index < -0.39 is 111 Å². The standard InChI is InChI=1S/C45H73NO15/c1-20-6-9-28-21(2)33-29(46(28)17-20)15-27-25-8-7-23-14-24(10-12-43(23,4)26(25)11-13-44(27,33)5)59-45(61-42-40(55)37(52)34(49)22(3)56-42)16-30(35(50)32(19-48)60-45)57-41-39(54)38(53)36(51)31(18-47)58-41/h7,20-22,24-42,47-55H,6,8-19H2,1-5H3/t20-,21+,22-,24-,25+,26-,27-,28+,29-,30+,31+,32-,33-,34+,35+,36+,37+,38-,39-,40-,41+,42+,43-,44+,45+/m0/s1. The van der Waals surface area contributed by atoms with Crippen LogP contribution in [0.25, 0.3) is 0 Å². The molecule has 25 atom stereocenters. The molecule has 0 unspecified atom stereocenters. The van der Waals surface area contributed by atoms with Crippen molar-refractivity contribution in [2.24, 2.45) is 46.3 Å². The van der Waals surface area contributed by atoms with Gasteiger partial charge < -0.3 is 69.6 Å². The molecular formula is C45H73NO15. The Balaban J connectivity index is 0.966. The average molecular weight is 868 g/mol. The molecule has 9 rings (SSSR count). The molecule has 0 aromatic rings. The maximum atomic E-state index is 11.4. The highest BCUT2D eigenvalue weighted by Crippen LogP contribution is 2.70. The zero-order valence-electron chi connectivity index (χ0n) is 36.4. The number of nitrogens with zero attached hydrogens (tertiary/aromatic N) is 1. The fraction of sp³-hybridized carbons (Fsp3) is 0.956. The highest BCUT2D eigenvalue weighted by Gasteiger charge is 2.67. The predicted molar refractivity (Wildman–Crippen MR) is 215 cm³/mol. The summed E-state index contributed by atoms with van der Waals surface area (Å²) in [5.74, 6) is 1.89. The van der Waals surface area contributed by atoms with Crippen molar-refractivity contribution in [3.63, 3.8) is 0 Å². The molecule has 61 heavy (non-hydrogen) atoms. The van der Waals surface area contributed by atoms with Gasteiger partial charge in [0.25, 0.3) is 5.97 Å². The van der Waals surface area contributed by atoms with Crippen LogP contribution in [0.1, 0.15) is 98.8 Å². The number of hydrogen-bond acceptors (Lipinski definition) is 16. The van der Waals surface area contributed by atoms with E-state index in [1.807, 2.05) is 0 Å². The Morgan fingerprint density at radius 1 is 0.738 bits per heavy atom. The molecule has 5 heterocycles. The predicted octanol–water partition coefficient (Wildman–Crippen LogP) is 0.504. The van der Waals surface area contributed by atoms with Gasteiger partial charge in [0.05, 0.1) is 37.9 Å². The molecule has 0 spiro atoms. The second-order valence-corrected chi connectivity index (χ2v) is 21.3. The molecule has 4 aliphatic carbocycles. The van der Waals surface area contributed by atoms with Crippen LogP contribution < -0.4 is 0 Å². The number of aliphatic hydroxyl groups excluding tert-OH is 9. The average Bonchev–Trinajstić information content (AvgIpc) is 3.71. The van der Waals surface area contributed by atoms with E-state index in [1.165, 1.54) is 51.1 Å². The first-order valence-electron chi connectivity index (χ1n) is 23.4. The molecule has 9 N–H and O–H groups in total. The molecule has 0 amide bonds. The zero-order chi connectivity index (χ0) is 43.5. The van der Waals surface area contributed by atoms with Crippen molar-refractivity contribution in [3.05, 3.63) is 11.6 Å². The van der Waals surface area contributed by atoms with E-state index in [0.29, 0.717) is 42.1 Å². The fourth-order valence-electron chi connectivity index (χ4n) is 14.8. The Morgan fingerprint density at radius 2 is 1.46 bits per heavy atom. The van der Waals surface area contributed by atoms with Gasteiger partial charge in [-0.2, -0.15) is 0 Å². The number of ether oxygens (including phenoxy) is 6. The van der Waals surface area contributed by atoms with Gasteiger partial charge in [-0.3, -0.25) is 9.64 Å². The lowest BCUT2D eigenvalue weighted by atomic mass is 9.47. The van der Waals surface area contributed by atoms with Crippen LogP contribution in [0, 0.1) is 46.3 Å². The van der Waals surface area contributed by atoms with Crippen LogP contribution in [0.2, 0.25) is 0 Å². The maximum absolute atomic E-state index is 11.4. The highest BCUT2D eigenvalue weighted by molar-refractivity contribution is 5.27. The largest absolute Gasteiger partial charge is 0.394 e. The quantitative estimate of drug-likeness (QED) is 0.119. The lowest BCUT2D eigenvalue weighted by Crippen LogP contribution is -2.66. The maximum Gasteiger partial charge on any atom is 0.288 e. The normalized spacial score (nSPS) is 57.3. The lowest BCUT2D eigenvalue weighted by molar-refractivity contribution is -0.486. The molecule has 16 nitrogen and oxygen atoms in total. The molecule has 8 fully saturated rings. The van der Waals surface area contributed by atoms with Gasteiger partial charge in [-0.05, 0) is 111 Å². The molecule has 0 bridgehead atoms. The molecule has 348 valence electrons. The van der Waals surface area contributed by atoms with Gasteiger partial charge in [-0.25, -0.2) is 0 Å². The van der Waals surface area contributed by atoms with Crippen molar-refractivity contribution in [1.29, 1.82) is 0 Å². The summed E-state index contributed by atoms with van der Waals surface area (Å²) in [5.41, 5.74) is 1.63. The van der Waals surface area contributed by atoms with Crippen LogP contribution >= 0.6 is 0 Å². The second kappa shape index (κ2) is 16.8. The minimum atomic E-state index is -2.18. The van der Waals surface area contributed by atoms with E-state index in [0.717, 1.165) is 36.6 Å². The number of fused-ring (bicyclic) bond motifs is 9. The Bertz CT molecular complexity index is 1610. The first-order valence-corrected chi connectivity index (χ1v) is 23.4. The molecule has 0 radical (unpaired) electrons. The van der Waals surface area contributed by atoms with Gasteiger partial charge in [0.2, 0.25) is 0 Å². The first kappa shape index (κ1) is 45.3. The minimum absolute atomic E-state index is 0.0338. The summed E-state index contributed by atoms with van der Waals surface area (Å²) < 4.78 is 37.1. The summed E-state index contributed by atoms with van der Waals surface area (Å²) in [4.78, 5) is 2.93. The molecule has 9 aliphatic rings. The summed E-state index contributed by atoms with van der Waals surface area (Å²) >= 11 is 0. The Morgan fingerprint density at radius 3 is 2.20 bits per heavy atom. The van der Waals surface area contributed by atoms with Gasteiger partial charge in [0, 0.05) is 18.6 Å². The summed E-state index contributed by atoms with van der Waals surface area (Å²) in [5, 5.41) is 95.8. The molecule has 0 aromatic carbocycles. The van der Waals surface area contributed by atoms with Crippen LogP contribution in [-0.2, 0) is 28.4 Å². The fourth-order valence-corrected chi connectivity index (χ4v) is 14.8. The molecule has 0 aromatic heterocycles. The minimum Gasteiger partial charge on any atom is -0.394 e. The van der Waals surface area contributed by atoms with Gasteiger partial charge in [-0.15, -0.1) is 0 Å². The van der Waals surface area contributed by atoms with Crippen LogP contribution in [0.15, 0.2) is 11.6 Å². The zero-order valence-corrected chi connectivity index (χ0v) is 36.4. The number of aliphatic hydroxyl groups is 9. The SMILES string of the molecule is C[C@H]1CC[C@@H]2[C@@H](C)[C@H]3[C@H](C[C@H]4[C@@H]5CC=C6C[C@@H](O[C@]7(O[C@H]8O[C@@H](C)[C@@H](O)[C@@H](O)[C@@H]8O)C[C@@H](O[C@@H]8O[C@H](CO)[C@@H](O)[C@H](O)[C@@H]8O)[C@@H](O)[C@H](CO)O7)CC[C@]6(C)[C@H]5CC[C@@]34C)N2C1. The third kappa shape index (κ3) is 7.42. The summed E-state index contributed by atoms with van der Waals surface area (Å²) in [6.07, 6.45) is -8.77. The van der Waals surface area contributed by atoms with Crippen molar-refractivity contribution in [2.75, 3.05) is 19.8 Å². The Kier molecular flexibility index (Phi) is 12.4. The van der Waals surface area contributed by atoms with E-state index >= 15 is 0 Å². The highest BCUT2D eigenvalue weighted by atomic mass is 16.9. The van der Waals surface area contributed by atoms with E-state index in [-0.39, 0.29) is 5.41 Å². The lowest BCUT2D eigenvalue weighted by Gasteiger charge is -2.59. The van der Waals surface area contributed by atoms with Gasteiger partial charge in [-0.1, -0.05) is 39.3 Å². The van der Waals surface area contributed by atoms with Crippen molar-refractivity contribution < 1.29 is 74.4 Å². The number of piperidine rings is 1. The molecular weight excluding hydrogens is 794 g/mol. The van der Waals surface area contributed by atoms with Crippen molar-refractivity contribution in [3.8, 4) is 0 Å². The third-order valence-electron chi connectivity index (χ3n) is 18.0. The summed E-state index contributed by atoms with van der Waals surface area (Å²) in [7, 11) is 0. The number of hydrogen-bond donors (Lipinski definition) is 9. The monoisotopic (exact) mass is 867 g/mol. The van der Waals surface area contributed by atoms with E-state index in [2.05, 4.69) is 38.7 Å². The van der Waals surface area contributed by atoms with Crippen molar-refractivity contribution >= 4 is 0 Å². The second-order valence-electron chi connectivity index (χ2n) is 21.3. The van der Waals surface area contributed by atoms with Gasteiger partial charge >= 0.3 is 0 Å². The van der Waals surface area contributed by atoms with Crippen molar-refractivity contribution in [1.82, 2.24) is 4.90 Å².